The van der Waals surface area contributed by atoms with Crippen LogP contribution in [0.3, 0.4) is 0 Å². The van der Waals surface area contributed by atoms with Gasteiger partial charge in [0.1, 0.15) is 16.5 Å². The van der Waals surface area contributed by atoms with Crippen LogP contribution in [-0.2, 0) is 4.79 Å². The first-order valence-electron chi connectivity index (χ1n) is 8.08. The smallest absolute Gasteiger partial charge is 0.275 e. The van der Waals surface area contributed by atoms with E-state index in [0.29, 0.717) is 27.8 Å². The second-order valence-electron chi connectivity index (χ2n) is 5.60. The number of carbonyl (C=O) groups excluding carboxylic acids is 2. The van der Waals surface area contributed by atoms with E-state index < -0.39 is 5.91 Å². The number of amides is 2. The molecule has 0 unspecified atom stereocenters. The average Bonchev–Trinajstić information content (AvgIpc) is 3.15. The Bertz CT molecular complexity index is 989. The van der Waals surface area contributed by atoms with Gasteiger partial charge in [0, 0.05) is 23.1 Å². The number of nitrogens with zero attached hydrogens (tertiary/aromatic N) is 1. The van der Waals surface area contributed by atoms with Gasteiger partial charge in [-0.3, -0.25) is 9.59 Å². The number of rotatable bonds is 5. The number of nitrogens with one attached hydrogen (secondary N) is 2. The highest BCUT2D eigenvalue weighted by Gasteiger charge is 2.14. The van der Waals surface area contributed by atoms with Gasteiger partial charge in [0.2, 0.25) is 5.91 Å². The van der Waals surface area contributed by atoms with Crippen molar-refractivity contribution in [1.29, 1.82) is 0 Å². The molecule has 138 valence electrons. The van der Waals surface area contributed by atoms with Gasteiger partial charge < -0.3 is 10.6 Å². The second kappa shape index (κ2) is 8.28. The van der Waals surface area contributed by atoms with Gasteiger partial charge in [0.15, 0.2) is 0 Å². The third-order valence-corrected chi connectivity index (χ3v) is 4.87. The molecule has 0 saturated heterocycles. The van der Waals surface area contributed by atoms with Crippen LogP contribution in [0.25, 0.3) is 10.6 Å². The van der Waals surface area contributed by atoms with E-state index in [1.807, 2.05) is 0 Å². The number of hydrogen-bond acceptors (Lipinski definition) is 4. The van der Waals surface area contributed by atoms with Gasteiger partial charge in [-0.1, -0.05) is 18.5 Å². The molecule has 0 aliphatic rings. The lowest BCUT2D eigenvalue weighted by molar-refractivity contribution is -0.115. The molecule has 3 rings (SSSR count). The Morgan fingerprint density at radius 3 is 2.59 bits per heavy atom. The molecule has 2 N–H and O–H groups in total. The molecular weight excluding hydrogens is 389 g/mol. The fraction of sp³-hybridized carbons (Fsp3) is 0.105. The summed E-state index contributed by atoms with van der Waals surface area (Å²) in [5.74, 6) is -0.906. The molecule has 0 saturated carbocycles. The van der Waals surface area contributed by atoms with Gasteiger partial charge >= 0.3 is 0 Å². The lowest BCUT2D eigenvalue weighted by Gasteiger charge is -2.09. The Labute approximate surface area is 164 Å². The SMILES string of the molecule is CCC(=O)Nc1ccc(Cl)c(NC(=O)c2csc(-c3ccc(F)cc3)n2)c1. The molecule has 1 aromatic heterocycles. The van der Waals surface area contributed by atoms with Gasteiger partial charge in [0.25, 0.3) is 5.91 Å². The molecule has 0 fully saturated rings. The number of anilines is 2. The molecule has 5 nitrogen and oxygen atoms in total. The van der Waals surface area contributed by atoms with Gasteiger partial charge in [-0.15, -0.1) is 11.3 Å². The lowest BCUT2D eigenvalue weighted by Crippen LogP contribution is -2.14. The molecule has 27 heavy (non-hydrogen) atoms. The quantitative estimate of drug-likeness (QED) is 0.614. The summed E-state index contributed by atoms with van der Waals surface area (Å²) in [5, 5.41) is 7.97. The van der Waals surface area contributed by atoms with Gasteiger partial charge in [-0.05, 0) is 42.5 Å². The van der Waals surface area contributed by atoms with Crippen molar-refractivity contribution in [3.8, 4) is 10.6 Å². The number of hydrogen-bond donors (Lipinski definition) is 2. The van der Waals surface area contributed by atoms with Crippen LogP contribution in [0.15, 0.2) is 47.8 Å². The Balaban J connectivity index is 1.76. The molecule has 0 spiro atoms. The molecule has 2 amide bonds. The molecule has 0 bridgehead atoms. The highest BCUT2D eigenvalue weighted by Crippen LogP contribution is 2.28. The van der Waals surface area contributed by atoms with E-state index in [1.165, 1.54) is 23.5 Å². The Kier molecular flexibility index (Phi) is 5.83. The summed E-state index contributed by atoms with van der Waals surface area (Å²) in [5.41, 5.74) is 1.85. The monoisotopic (exact) mass is 403 g/mol. The summed E-state index contributed by atoms with van der Waals surface area (Å²) in [6.07, 6.45) is 0.343. The first-order valence-corrected chi connectivity index (χ1v) is 9.34. The fourth-order valence-corrected chi connectivity index (χ4v) is 3.21. The molecule has 1 heterocycles. The molecule has 0 aliphatic carbocycles. The maximum absolute atomic E-state index is 13.0. The van der Waals surface area contributed by atoms with E-state index in [-0.39, 0.29) is 17.4 Å². The van der Waals surface area contributed by atoms with Crippen LogP contribution in [0.4, 0.5) is 15.8 Å². The van der Waals surface area contributed by atoms with Crippen LogP contribution in [0.2, 0.25) is 5.02 Å². The zero-order valence-electron chi connectivity index (χ0n) is 14.3. The molecule has 0 atom stereocenters. The Hall–Kier alpha value is -2.77. The summed E-state index contributed by atoms with van der Waals surface area (Å²) in [6, 6.07) is 10.7. The summed E-state index contributed by atoms with van der Waals surface area (Å²) >= 11 is 7.42. The zero-order chi connectivity index (χ0) is 19.4. The van der Waals surface area contributed by atoms with E-state index in [1.54, 1.807) is 42.6 Å². The van der Waals surface area contributed by atoms with Crippen molar-refractivity contribution in [3.05, 3.63) is 64.4 Å². The lowest BCUT2D eigenvalue weighted by atomic mass is 10.2. The third kappa shape index (κ3) is 4.69. The Morgan fingerprint density at radius 2 is 1.89 bits per heavy atom. The van der Waals surface area contributed by atoms with E-state index in [9.17, 15) is 14.0 Å². The molecule has 8 heteroatoms. The number of benzene rings is 2. The summed E-state index contributed by atoms with van der Waals surface area (Å²) in [7, 11) is 0. The van der Waals surface area contributed by atoms with Crippen LogP contribution in [0, 0.1) is 5.82 Å². The van der Waals surface area contributed by atoms with Crippen LogP contribution < -0.4 is 10.6 Å². The maximum Gasteiger partial charge on any atom is 0.275 e. The van der Waals surface area contributed by atoms with Gasteiger partial charge in [-0.2, -0.15) is 0 Å². The molecule has 3 aromatic rings. The summed E-state index contributed by atoms with van der Waals surface area (Å²) in [6.45, 7) is 1.74. The third-order valence-electron chi connectivity index (χ3n) is 3.65. The maximum atomic E-state index is 13.0. The van der Waals surface area contributed by atoms with Crippen molar-refractivity contribution in [2.75, 3.05) is 10.6 Å². The highest BCUT2D eigenvalue weighted by atomic mass is 35.5. The van der Waals surface area contributed by atoms with Crippen molar-refractivity contribution in [1.82, 2.24) is 4.98 Å². The molecule has 2 aromatic carbocycles. The van der Waals surface area contributed by atoms with Crippen LogP contribution in [-0.4, -0.2) is 16.8 Å². The van der Waals surface area contributed by atoms with E-state index in [4.69, 9.17) is 11.6 Å². The van der Waals surface area contributed by atoms with Crippen molar-refractivity contribution < 1.29 is 14.0 Å². The Morgan fingerprint density at radius 1 is 1.15 bits per heavy atom. The number of thiazole rings is 1. The van der Waals surface area contributed by atoms with Gasteiger partial charge in [0.05, 0.1) is 10.7 Å². The summed E-state index contributed by atoms with van der Waals surface area (Å²) in [4.78, 5) is 28.3. The van der Waals surface area contributed by atoms with Crippen LogP contribution in [0.5, 0.6) is 0 Å². The number of aromatic nitrogens is 1. The topological polar surface area (TPSA) is 71.1 Å². The van der Waals surface area contributed by atoms with Crippen molar-refractivity contribution in [2.24, 2.45) is 0 Å². The van der Waals surface area contributed by atoms with Crippen molar-refractivity contribution in [2.45, 2.75) is 13.3 Å². The van der Waals surface area contributed by atoms with Crippen LogP contribution in [0.1, 0.15) is 23.8 Å². The number of carbonyl (C=O) groups is 2. The zero-order valence-corrected chi connectivity index (χ0v) is 15.8. The normalized spacial score (nSPS) is 10.5. The standard InChI is InChI=1S/C19H15ClFN3O2S/c1-2-17(25)22-13-7-8-14(20)15(9-13)23-18(26)16-10-27-19(24-16)11-3-5-12(21)6-4-11/h3-10H,2H2,1H3,(H,22,25)(H,23,26). The highest BCUT2D eigenvalue weighted by molar-refractivity contribution is 7.13. The minimum absolute atomic E-state index is 0.141. The van der Waals surface area contributed by atoms with E-state index >= 15 is 0 Å². The van der Waals surface area contributed by atoms with Crippen molar-refractivity contribution >= 4 is 46.1 Å². The predicted octanol–water partition coefficient (Wildman–Crippen LogP) is 5.20. The summed E-state index contributed by atoms with van der Waals surface area (Å²) < 4.78 is 13.0. The number of halogens is 2. The second-order valence-corrected chi connectivity index (χ2v) is 6.86. The predicted molar refractivity (Wildman–Crippen MR) is 106 cm³/mol. The largest absolute Gasteiger partial charge is 0.326 e. The first-order chi connectivity index (χ1) is 13.0. The fourth-order valence-electron chi connectivity index (χ4n) is 2.24. The molecular formula is C19H15ClFN3O2S. The van der Waals surface area contributed by atoms with E-state index in [0.717, 1.165) is 5.56 Å². The average molecular weight is 404 g/mol. The van der Waals surface area contributed by atoms with Crippen molar-refractivity contribution in [3.63, 3.8) is 0 Å². The minimum Gasteiger partial charge on any atom is -0.326 e. The minimum atomic E-state index is -0.430. The first kappa shape index (κ1) is 19.0. The van der Waals surface area contributed by atoms with Gasteiger partial charge in [-0.25, -0.2) is 9.37 Å². The van der Waals surface area contributed by atoms with E-state index in [2.05, 4.69) is 15.6 Å². The van der Waals surface area contributed by atoms with Crippen LogP contribution >= 0.6 is 22.9 Å². The molecule has 0 aliphatic heterocycles. The molecule has 0 radical (unpaired) electrons.